The van der Waals surface area contributed by atoms with Gasteiger partial charge in [0.25, 0.3) is 5.91 Å². The molecule has 2 heterocycles. The number of amides is 1. The van der Waals surface area contributed by atoms with Crippen molar-refractivity contribution in [3.63, 3.8) is 0 Å². The van der Waals surface area contributed by atoms with E-state index in [2.05, 4.69) is 20.3 Å². The summed E-state index contributed by atoms with van der Waals surface area (Å²) in [5.74, 6) is -2.56. The van der Waals surface area contributed by atoms with Crippen LogP contribution in [0.4, 0.5) is 14.6 Å². The number of rotatable bonds is 5. The van der Waals surface area contributed by atoms with Gasteiger partial charge in [0.15, 0.2) is 11.6 Å². The number of hydrogen-bond donors (Lipinski definition) is 1. The molecule has 1 aromatic carbocycles. The van der Waals surface area contributed by atoms with Crippen LogP contribution < -0.4 is 10.1 Å². The Balaban J connectivity index is 1.46. The van der Waals surface area contributed by atoms with Crippen LogP contribution in [0, 0.1) is 5.92 Å². The van der Waals surface area contributed by atoms with Gasteiger partial charge in [-0.2, -0.15) is 0 Å². The number of carbonyl (C=O) groups is 1. The highest BCUT2D eigenvalue weighted by Crippen LogP contribution is 2.42. The number of halogens is 2. The van der Waals surface area contributed by atoms with Crippen LogP contribution in [0.2, 0.25) is 0 Å². The number of alkyl halides is 2. The number of nitrogens with zero attached hydrogens (tertiary/aromatic N) is 3. The van der Waals surface area contributed by atoms with E-state index in [4.69, 9.17) is 4.74 Å². The number of ether oxygens (including phenoxy) is 1. The SMILES string of the molecule is O=C(Nc1ncccc1OCC1CC(F)(F)C1)c1ccc2nccnc2c1. The van der Waals surface area contributed by atoms with Crippen molar-refractivity contribution in [1.82, 2.24) is 15.0 Å². The van der Waals surface area contributed by atoms with Gasteiger partial charge < -0.3 is 10.1 Å². The van der Waals surface area contributed by atoms with Crippen molar-refractivity contribution >= 4 is 22.8 Å². The predicted molar refractivity (Wildman–Crippen MR) is 94.9 cm³/mol. The summed E-state index contributed by atoms with van der Waals surface area (Å²) in [6.45, 7) is 0.162. The summed E-state index contributed by atoms with van der Waals surface area (Å²) in [5.41, 5.74) is 1.69. The topological polar surface area (TPSA) is 77.0 Å². The highest BCUT2D eigenvalue weighted by Gasteiger charge is 2.45. The first-order valence-corrected chi connectivity index (χ1v) is 8.48. The Bertz CT molecular complexity index is 988. The molecule has 1 saturated carbocycles. The minimum atomic E-state index is -2.58. The van der Waals surface area contributed by atoms with Crippen LogP contribution in [0.1, 0.15) is 23.2 Å². The molecule has 2 aromatic heterocycles. The van der Waals surface area contributed by atoms with Crippen LogP contribution in [-0.2, 0) is 0 Å². The summed E-state index contributed by atoms with van der Waals surface area (Å²) in [4.78, 5) is 25.0. The first-order valence-electron chi connectivity index (χ1n) is 8.48. The fourth-order valence-corrected chi connectivity index (χ4v) is 3.00. The van der Waals surface area contributed by atoms with E-state index >= 15 is 0 Å². The van der Waals surface area contributed by atoms with Gasteiger partial charge in [-0.1, -0.05) is 0 Å². The minimum absolute atomic E-state index is 0.162. The Morgan fingerprint density at radius 2 is 1.89 bits per heavy atom. The molecule has 3 aromatic rings. The number of fused-ring (bicyclic) bond motifs is 1. The maximum absolute atomic E-state index is 12.9. The fraction of sp³-hybridized carbons (Fsp3) is 0.263. The normalized spacial score (nSPS) is 15.9. The van der Waals surface area contributed by atoms with Gasteiger partial charge in [0, 0.05) is 42.9 Å². The Hall–Kier alpha value is -3.16. The van der Waals surface area contributed by atoms with E-state index in [9.17, 15) is 13.6 Å². The van der Waals surface area contributed by atoms with Crippen molar-refractivity contribution in [2.75, 3.05) is 11.9 Å². The molecule has 0 unspecified atom stereocenters. The summed E-state index contributed by atoms with van der Waals surface area (Å²) in [6.07, 6.45) is 4.31. The summed E-state index contributed by atoms with van der Waals surface area (Å²) >= 11 is 0. The van der Waals surface area contributed by atoms with Gasteiger partial charge in [-0.05, 0) is 30.3 Å². The Morgan fingerprint density at radius 3 is 2.67 bits per heavy atom. The third-order valence-electron chi connectivity index (χ3n) is 4.38. The molecule has 1 N–H and O–H groups in total. The summed E-state index contributed by atoms with van der Waals surface area (Å²) in [6, 6.07) is 8.30. The molecule has 1 aliphatic carbocycles. The van der Waals surface area contributed by atoms with Crippen molar-refractivity contribution in [2.24, 2.45) is 5.92 Å². The van der Waals surface area contributed by atoms with Crippen molar-refractivity contribution in [3.8, 4) is 5.75 Å². The number of benzene rings is 1. The molecule has 0 radical (unpaired) electrons. The molecule has 27 heavy (non-hydrogen) atoms. The second-order valence-electron chi connectivity index (χ2n) is 6.51. The standard InChI is InChI=1S/C19H16F2N4O2/c20-19(21)9-12(10-19)11-27-16-2-1-5-24-17(16)25-18(26)13-3-4-14-15(8-13)23-7-6-22-14/h1-8,12H,9-11H2,(H,24,25,26). The summed E-state index contributed by atoms with van der Waals surface area (Å²) < 4.78 is 31.5. The summed E-state index contributed by atoms with van der Waals surface area (Å²) in [7, 11) is 0. The zero-order valence-electron chi connectivity index (χ0n) is 14.2. The van der Waals surface area contributed by atoms with Crippen molar-refractivity contribution in [3.05, 3.63) is 54.5 Å². The molecule has 1 aliphatic rings. The van der Waals surface area contributed by atoms with E-state index in [0.29, 0.717) is 22.3 Å². The van der Waals surface area contributed by atoms with Gasteiger partial charge in [0.05, 0.1) is 17.6 Å². The first kappa shape index (κ1) is 17.3. The van der Waals surface area contributed by atoms with Crippen molar-refractivity contribution < 1.29 is 18.3 Å². The highest BCUT2D eigenvalue weighted by atomic mass is 19.3. The molecule has 0 saturated heterocycles. The lowest BCUT2D eigenvalue weighted by atomic mass is 9.82. The van der Waals surface area contributed by atoms with Gasteiger partial charge in [-0.25, -0.2) is 13.8 Å². The molecule has 6 nitrogen and oxygen atoms in total. The van der Waals surface area contributed by atoms with Crippen LogP contribution in [-0.4, -0.2) is 33.4 Å². The highest BCUT2D eigenvalue weighted by molar-refractivity contribution is 6.06. The molecular weight excluding hydrogens is 354 g/mol. The van der Waals surface area contributed by atoms with Gasteiger partial charge in [0.1, 0.15) is 0 Å². The monoisotopic (exact) mass is 370 g/mol. The number of aromatic nitrogens is 3. The number of pyridine rings is 1. The van der Waals surface area contributed by atoms with E-state index in [-0.39, 0.29) is 37.1 Å². The largest absolute Gasteiger partial charge is 0.489 e. The zero-order valence-corrected chi connectivity index (χ0v) is 14.2. The third kappa shape index (κ3) is 3.84. The average Bonchev–Trinajstić information content (AvgIpc) is 2.65. The van der Waals surface area contributed by atoms with Gasteiger partial charge in [-0.15, -0.1) is 0 Å². The van der Waals surface area contributed by atoms with Crippen molar-refractivity contribution in [1.29, 1.82) is 0 Å². The molecular formula is C19H16F2N4O2. The quantitative estimate of drug-likeness (QED) is 0.741. The van der Waals surface area contributed by atoms with Gasteiger partial charge in [0.2, 0.25) is 5.92 Å². The maximum atomic E-state index is 12.9. The predicted octanol–water partition coefficient (Wildman–Crippen LogP) is 3.70. The van der Waals surface area contributed by atoms with Crippen molar-refractivity contribution in [2.45, 2.75) is 18.8 Å². The molecule has 0 bridgehead atoms. The molecule has 0 atom stereocenters. The lowest BCUT2D eigenvalue weighted by molar-refractivity contribution is -0.119. The smallest absolute Gasteiger partial charge is 0.256 e. The van der Waals surface area contributed by atoms with Crippen LogP contribution in [0.15, 0.2) is 48.9 Å². The van der Waals surface area contributed by atoms with Crippen LogP contribution in [0.5, 0.6) is 5.75 Å². The molecule has 138 valence electrons. The fourth-order valence-electron chi connectivity index (χ4n) is 3.00. The second-order valence-corrected chi connectivity index (χ2v) is 6.51. The summed E-state index contributed by atoms with van der Waals surface area (Å²) in [5, 5.41) is 2.70. The van der Waals surface area contributed by atoms with E-state index < -0.39 is 5.92 Å². The maximum Gasteiger partial charge on any atom is 0.256 e. The second kappa shape index (κ2) is 6.86. The van der Waals surface area contributed by atoms with Gasteiger partial charge in [-0.3, -0.25) is 14.8 Å². The molecule has 8 heteroatoms. The van der Waals surface area contributed by atoms with E-state index in [1.807, 2.05) is 0 Å². The molecule has 0 aliphatic heterocycles. The van der Waals surface area contributed by atoms with Crippen LogP contribution >= 0.6 is 0 Å². The van der Waals surface area contributed by atoms with Crippen LogP contribution in [0.3, 0.4) is 0 Å². The number of carbonyl (C=O) groups excluding carboxylic acids is 1. The number of anilines is 1. The number of nitrogens with one attached hydrogen (secondary N) is 1. The van der Waals surface area contributed by atoms with Crippen LogP contribution in [0.25, 0.3) is 11.0 Å². The van der Waals surface area contributed by atoms with Gasteiger partial charge >= 0.3 is 0 Å². The Labute approximate surface area is 153 Å². The lowest BCUT2D eigenvalue weighted by Gasteiger charge is -2.34. The zero-order chi connectivity index (χ0) is 18.9. The molecule has 1 fully saturated rings. The third-order valence-corrected chi connectivity index (χ3v) is 4.38. The number of hydrogen-bond acceptors (Lipinski definition) is 5. The Kier molecular flexibility index (Phi) is 4.39. The minimum Gasteiger partial charge on any atom is -0.489 e. The molecule has 4 rings (SSSR count). The van der Waals surface area contributed by atoms with E-state index in [1.54, 1.807) is 42.7 Å². The van der Waals surface area contributed by atoms with E-state index in [0.717, 1.165) is 0 Å². The average molecular weight is 370 g/mol. The van der Waals surface area contributed by atoms with E-state index in [1.165, 1.54) is 6.20 Å². The first-order chi connectivity index (χ1) is 13.0. The Morgan fingerprint density at radius 1 is 1.11 bits per heavy atom. The molecule has 0 spiro atoms. The molecule has 1 amide bonds. The lowest BCUT2D eigenvalue weighted by Crippen LogP contribution is -2.38.